The molecule has 0 spiro atoms. The zero-order chi connectivity index (χ0) is 21.1. The molecular weight excluding hydrogens is 346 g/mol. The Morgan fingerprint density at radius 1 is 1.04 bits per heavy atom. The van der Waals surface area contributed by atoms with Crippen LogP contribution >= 0.6 is 0 Å². The van der Waals surface area contributed by atoms with Crippen LogP contribution in [0.2, 0.25) is 0 Å². The van der Waals surface area contributed by atoms with Crippen LogP contribution in [0.4, 0.5) is 21.0 Å². The lowest BCUT2D eigenvalue weighted by atomic mass is 10.3. The molecule has 2 N–H and O–H groups in total. The van der Waals surface area contributed by atoms with E-state index in [0.29, 0.717) is 23.5 Å². The zero-order valence-corrected chi connectivity index (χ0v) is 17.7. The molecule has 7 nitrogen and oxygen atoms in total. The molecule has 158 valence electrons. The van der Waals surface area contributed by atoms with Gasteiger partial charge < -0.3 is 4.74 Å². The Morgan fingerprint density at radius 3 is 1.96 bits per heavy atom. The van der Waals surface area contributed by atoms with Gasteiger partial charge in [0.2, 0.25) is 0 Å². The van der Waals surface area contributed by atoms with Gasteiger partial charge in [-0.05, 0) is 31.5 Å². The standard InChI is InChI=1S/C13H17N3O4.C5H12.C2H6.2H2/c1-4-9(2)16-20-13(18)15-11-7-5-6-10(8-11)14-12(17)19-3;1-3-5-4-2;1-2;;/h5-8H,4H2,1-3H3,(H,14,17)(H,15,18);3-5H2,1-2H3;1-2H3;2*1H/b16-9+;;;;. The number of ether oxygens (including phenoxy) is 1. The lowest BCUT2D eigenvalue weighted by Crippen LogP contribution is -2.13. The average Bonchev–Trinajstić information content (AvgIpc) is 2.69. The van der Waals surface area contributed by atoms with Crippen LogP contribution in [0.15, 0.2) is 29.4 Å². The van der Waals surface area contributed by atoms with Gasteiger partial charge in [-0.15, -0.1) is 0 Å². The van der Waals surface area contributed by atoms with Gasteiger partial charge in [-0.2, -0.15) is 0 Å². The molecule has 0 aromatic heterocycles. The van der Waals surface area contributed by atoms with E-state index < -0.39 is 12.2 Å². The van der Waals surface area contributed by atoms with Crippen LogP contribution in [0.3, 0.4) is 0 Å². The van der Waals surface area contributed by atoms with Gasteiger partial charge in [0, 0.05) is 14.2 Å². The highest BCUT2D eigenvalue weighted by Crippen LogP contribution is 2.15. The van der Waals surface area contributed by atoms with Crippen LogP contribution in [0.1, 0.15) is 70.1 Å². The smallest absolute Gasteiger partial charge is 0.437 e. The molecule has 1 rings (SSSR count). The first-order valence-electron chi connectivity index (χ1n) is 9.43. The Hall–Kier alpha value is -2.57. The van der Waals surface area contributed by atoms with Gasteiger partial charge in [0.05, 0.1) is 12.8 Å². The molecule has 1 aromatic carbocycles. The van der Waals surface area contributed by atoms with Crippen LogP contribution in [0.25, 0.3) is 0 Å². The van der Waals surface area contributed by atoms with Crippen molar-refractivity contribution >= 4 is 29.3 Å². The van der Waals surface area contributed by atoms with Crippen LogP contribution in [0, 0.1) is 0 Å². The fraction of sp³-hybridized carbons (Fsp3) is 0.550. The number of hydrogen-bond acceptors (Lipinski definition) is 5. The van der Waals surface area contributed by atoms with Crippen molar-refractivity contribution in [2.75, 3.05) is 17.7 Å². The number of carbonyl (C=O) groups is 2. The lowest BCUT2D eigenvalue weighted by molar-refractivity contribution is 0.166. The number of amides is 2. The summed E-state index contributed by atoms with van der Waals surface area (Å²) in [6, 6.07) is 6.54. The molecule has 0 aliphatic heterocycles. The molecule has 7 heteroatoms. The van der Waals surface area contributed by atoms with Gasteiger partial charge in [0.1, 0.15) is 0 Å². The van der Waals surface area contributed by atoms with Gasteiger partial charge in [-0.3, -0.25) is 15.5 Å². The minimum atomic E-state index is -0.701. The number of carbonyl (C=O) groups excluding carboxylic acids is 2. The van der Waals surface area contributed by atoms with E-state index in [1.54, 1.807) is 31.2 Å². The number of methoxy groups -OCH3 is 1. The van der Waals surface area contributed by atoms with E-state index in [0.717, 1.165) is 0 Å². The number of benzene rings is 1. The Morgan fingerprint density at radius 2 is 1.56 bits per heavy atom. The molecule has 0 aliphatic carbocycles. The van der Waals surface area contributed by atoms with Gasteiger partial charge in [0.25, 0.3) is 0 Å². The summed E-state index contributed by atoms with van der Waals surface area (Å²) in [5.74, 6) is 0. The number of rotatable bonds is 6. The summed E-state index contributed by atoms with van der Waals surface area (Å²) < 4.78 is 4.47. The van der Waals surface area contributed by atoms with E-state index in [1.807, 2.05) is 20.8 Å². The fourth-order valence-corrected chi connectivity index (χ4v) is 1.52. The first-order valence-corrected chi connectivity index (χ1v) is 9.43. The lowest BCUT2D eigenvalue weighted by Gasteiger charge is -2.07. The fourth-order valence-electron chi connectivity index (χ4n) is 1.52. The van der Waals surface area contributed by atoms with Crippen LogP contribution in [-0.4, -0.2) is 25.0 Å². The van der Waals surface area contributed by atoms with Crippen molar-refractivity contribution in [2.45, 2.75) is 67.2 Å². The molecule has 0 radical (unpaired) electrons. The average molecular weight is 386 g/mol. The summed E-state index contributed by atoms with van der Waals surface area (Å²) in [6.45, 7) is 12.1. The Labute approximate surface area is 166 Å². The molecule has 0 fully saturated rings. The Balaban J connectivity index is -0.000000303. The minimum Gasteiger partial charge on any atom is -0.453 e. The molecule has 0 atom stereocenters. The number of nitrogens with one attached hydrogen (secondary N) is 2. The third-order valence-electron chi connectivity index (χ3n) is 3.04. The van der Waals surface area contributed by atoms with Crippen molar-refractivity contribution in [3.05, 3.63) is 24.3 Å². The van der Waals surface area contributed by atoms with Gasteiger partial charge in [-0.1, -0.05) is 65.1 Å². The second-order valence-corrected chi connectivity index (χ2v) is 5.23. The molecule has 0 unspecified atom stereocenters. The maximum atomic E-state index is 11.5. The van der Waals surface area contributed by atoms with E-state index in [2.05, 4.69) is 39.2 Å². The molecule has 1 aromatic rings. The van der Waals surface area contributed by atoms with E-state index in [1.165, 1.54) is 26.4 Å². The molecule has 0 saturated carbocycles. The van der Waals surface area contributed by atoms with E-state index in [9.17, 15) is 9.59 Å². The van der Waals surface area contributed by atoms with Gasteiger partial charge in [-0.25, -0.2) is 9.59 Å². The van der Waals surface area contributed by atoms with Gasteiger partial charge in [0.15, 0.2) is 0 Å². The summed E-state index contributed by atoms with van der Waals surface area (Å²) >= 11 is 0. The third kappa shape index (κ3) is 15.4. The van der Waals surface area contributed by atoms with E-state index >= 15 is 0 Å². The topological polar surface area (TPSA) is 89.0 Å². The summed E-state index contributed by atoms with van der Waals surface area (Å²) in [5, 5.41) is 8.61. The predicted octanol–water partition coefficient (Wildman–Crippen LogP) is 6.91. The maximum absolute atomic E-state index is 11.5. The largest absolute Gasteiger partial charge is 0.453 e. The Kier molecular flexibility index (Phi) is 18.0. The SMILES string of the molecule is CC.CC/C(C)=N/OC(=O)Nc1cccc(NC(=O)OC)c1.CCCCC.[HH].[HH]. The predicted molar refractivity (Wildman–Crippen MR) is 117 cm³/mol. The highest BCUT2D eigenvalue weighted by atomic mass is 16.7. The van der Waals surface area contributed by atoms with Crippen molar-refractivity contribution in [1.29, 1.82) is 0 Å². The number of unbranched alkanes of at least 4 members (excludes halogenated alkanes) is 2. The summed E-state index contributed by atoms with van der Waals surface area (Å²) in [4.78, 5) is 27.2. The monoisotopic (exact) mass is 385 g/mol. The van der Waals surface area contributed by atoms with Crippen molar-refractivity contribution in [3.8, 4) is 0 Å². The minimum absolute atomic E-state index is 0. The third-order valence-corrected chi connectivity index (χ3v) is 3.04. The van der Waals surface area contributed by atoms with E-state index in [4.69, 9.17) is 0 Å². The van der Waals surface area contributed by atoms with Crippen molar-refractivity contribution in [2.24, 2.45) is 5.16 Å². The second kappa shape index (κ2) is 18.2. The highest BCUT2D eigenvalue weighted by molar-refractivity contribution is 5.89. The summed E-state index contributed by atoms with van der Waals surface area (Å²) in [7, 11) is 1.27. The first kappa shape index (κ1) is 26.7. The van der Waals surface area contributed by atoms with E-state index in [-0.39, 0.29) is 2.85 Å². The molecule has 2 amide bonds. The van der Waals surface area contributed by atoms with Crippen molar-refractivity contribution in [3.63, 3.8) is 0 Å². The van der Waals surface area contributed by atoms with Crippen molar-refractivity contribution in [1.82, 2.24) is 0 Å². The Bertz CT molecular complexity index is 568. The molecule has 0 bridgehead atoms. The molecule has 0 aliphatic rings. The zero-order valence-electron chi connectivity index (χ0n) is 17.7. The maximum Gasteiger partial charge on any atom is 0.437 e. The van der Waals surface area contributed by atoms with Crippen molar-refractivity contribution < 1.29 is 22.0 Å². The molecular formula is C20H39N3O4. The molecule has 0 saturated heterocycles. The molecule has 27 heavy (non-hydrogen) atoms. The highest BCUT2D eigenvalue weighted by Gasteiger charge is 2.05. The number of hydrogen-bond donors (Lipinski definition) is 2. The van der Waals surface area contributed by atoms with Crippen LogP contribution in [0.5, 0.6) is 0 Å². The number of anilines is 2. The second-order valence-electron chi connectivity index (χ2n) is 5.23. The first-order chi connectivity index (χ1) is 13.0. The van der Waals surface area contributed by atoms with Crippen LogP contribution < -0.4 is 10.6 Å². The quantitative estimate of drug-likeness (QED) is 0.316. The number of oxime groups is 1. The summed E-state index contributed by atoms with van der Waals surface area (Å²) in [5.41, 5.74) is 1.66. The summed E-state index contributed by atoms with van der Waals surface area (Å²) in [6.07, 6.45) is 3.49. The normalized spacial score (nSPS) is 9.67. The molecule has 0 heterocycles. The number of nitrogens with zero attached hydrogens (tertiary/aromatic N) is 1. The van der Waals surface area contributed by atoms with Crippen LogP contribution in [-0.2, 0) is 9.57 Å². The van der Waals surface area contributed by atoms with Gasteiger partial charge >= 0.3 is 12.2 Å².